The monoisotopic (exact) mass is 252 g/mol. The fourth-order valence-electron chi connectivity index (χ4n) is 2.53. The molecule has 1 aromatic heterocycles. The van der Waals surface area contributed by atoms with E-state index in [1.165, 1.54) is 36.4 Å². The van der Waals surface area contributed by atoms with Crippen LogP contribution >= 0.6 is 11.3 Å². The molecule has 1 heterocycles. The molecule has 17 heavy (non-hydrogen) atoms. The van der Waals surface area contributed by atoms with Gasteiger partial charge in [0.15, 0.2) is 0 Å². The van der Waals surface area contributed by atoms with E-state index >= 15 is 0 Å². The first-order valence-electron chi connectivity index (χ1n) is 6.70. The lowest BCUT2D eigenvalue weighted by Gasteiger charge is -2.34. The Hall–Kier alpha value is -0.410. The van der Waals surface area contributed by atoms with Crippen molar-refractivity contribution < 1.29 is 0 Å². The summed E-state index contributed by atoms with van der Waals surface area (Å²) in [5.74, 6) is 0. The smallest absolute Gasteiger partial charge is 0.0897 e. The lowest BCUT2D eigenvalue weighted by atomic mass is 9.75. The molecule has 0 radical (unpaired) electrons. The number of nitrogens with one attached hydrogen (secondary N) is 1. The summed E-state index contributed by atoms with van der Waals surface area (Å²) in [6.45, 7) is 7.93. The molecule has 2 rings (SSSR count). The summed E-state index contributed by atoms with van der Waals surface area (Å²) in [7, 11) is 0. The molecular formula is C14H24N2S. The van der Waals surface area contributed by atoms with Gasteiger partial charge >= 0.3 is 0 Å². The first-order valence-corrected chi connectivity index (χ1v) is 7.57. The van der Waals surface area contributed by atoms with Crippen LogP contribution in [0.15, 0.2) is 5.38 Å². The lowest BCUT2D eigenvalue weighted by molar-refractivity contribution is 0.207. The van der Waals surface area contributed by atoms with Crippen molar-refractivity contribution in [2.75, 3.05) is 6.54 Å². The van der Waals surface area contributed by atoms with E-state index in [2.05, 4.69) is 36.5 Å². The van der Waals surface area contributed by atoms with E-state index in [9.17, 15) is 0 Å². The Balaban J connectivity index is 1.66. The van der Waals surface area contributed by atoms with Gasteiger partial charge < -0.3 is 5.32 Å². The third kappa shape index (κ3) is 4.07. The molecule has 3 heteroatoms. The van der Waals surface area contributed by atoms with Crippen LogP contribution in [-0.2, 0) is 6.42 Å². The van der Waals surface area contributed by atoms with E-state index in [1.54, 1.807) is 11.3 Å². The van der Waals surface area contributed by atoms with Gasteiger partial charge in [0.1, 0.15) is 0 Å². The minimum absolute atomic E-state index is 0.574. The molecule has 0 spiro atoms. The van der Waals surface area contributed by atoms with E-state index in [1.807, 2.05) is 0 Å². The maximum Gasteiger partial charge on any atom is 0.0897 e. The molecule has 1 aliphatic carbocycles. The number of hydrogen-bond donors (Lipinski definition) is 1. The lowest BCUT2D eigenvalue weighted by Crippen LogP contribution is -2.36. The fraction of sp³-hybridized carbons (Fsp3) is 0.786. The number of hydrogen-bond acceptors (Lipinski definition) is 3. The predicted molar refractivity (Wildman–Crippen MR) is 74.6 cm³/mol. The highest BCUT2D eigenvalue weighted by molar-refractivity contribution is 7.09. The van der Waals surface area contributed by atoms with Gasteiger partial charge in [-0.25, -0.2) is 4.98 Å². The van der Waals surface area contributed by atoms with Crippen molar-refractivity contribution in [3.8, 4) is 0 Å². The number of aromatic nitrogens is 1. The van der Waals surface area contributed by atoms with Crippen molar-refractivity contribution in [1.29, 1.82) is 0 Å². The van der Waals surface area contributed by atoms with Crippen molar-refractivity contribution in [3.63, 3.8) is 0 Å². The average Bonchev–Trinajstić information content (AvgIpc) is 2.67. The highest BCUT2D eigenvalue weighted by Gasteiger charge is 2.26. The Morgan fingerprint density at radius 1 is 1.41 bits per heavy atom. The SMILES string of the molecule is Cc1nc(CCNC2CCC(C)(C)CC2)cs1. The van der Waals surface area contributed by atoms with Gasteiger partial charge in [-0.3, -0.25) is 0 Å². The van der Waals surface area contributed by atoms with Gasteiger partial charge in [-0.05, 0) is 38.0 Å². The topological polar surface area (TPSA) is 24.9 Å². The second kappa shape index (κ2) is 5.49. The molecular weight excluding hydrogens is 228 g/mol. The van der Waals surface area contributed by atoms with Gasteiger partial charge in [0.2, 0.25) is 0 Å². The second-order valence-electron chi connectivity index (χ2n) is 6.00. The van der Waals surface area contributed by atoms with E-state index in [0.29, 0.717) is 5.41 Å². The minimum Gasteiger partial charge on any atom is -0.314 e. The fourth-order valence-corrected chi connectivity index (χ4v) is 3.18. The Kier molecular flexibility index (Phi) is 4.21. The Morgan fingerprint density at radius 2 is 2.12 bits per heavy atom. The van der Waals surface area contributed by atoms with E-state index < -0.39 is 0 Å². The first-order chi connectivity index (χ1) is 8.05. The number of rotatable bonds is 4. The molecule has 0 unspecified atom stereocenters. The molecule has 0 aromatic carbocycles. The molecule has 0 aliphatic heterocycles. The van der Waals surface area contributed by atoms with Crippen molar-refractivity contribution in [3.05, 3.63) is 16.1 Å². The number of thiazole rings is 1. The zero-order chi connectivity index (χ0) is 12.3. The minimum atomic E-state index is 0.574. The van der Waals surface area contributed by atoms with Crippen LogP contribution in [0.1, 0.15) is 50.2 Å². The molecule has 0 amide bonds. The third-order valence-electron chi connectivity index (χ3n) is 3.82. The Bertz CT molecular complexity index is 347. The molecule has 2 nitrogen and oxygen atoms in total. The third-order valence-corrected chi connectivity index (χ3v) is 4.64. The largest absolute Gasteiger partial charge is 0.314 e. The van der Waals surface area contributed by atoms with E-state index in [0.717, 1.165) is 19.0 Å². The Morgan fingerprint density at radius 3 is 2.71 bits per heavy atom. The quantitative estimate of drug-likeness (QED) is 0.886. The summed E-state index contributed by atoms with van der Waals surface area (Å²) in [5, 5.41) is 7.04. The van der Waals surface area contributed by atoms with Crippen LogP contribution in [0.4, 0.5) is 0 Å². The van der Waals surface area contributed by atoms with Crippen LogP contribution in [-0.4, -0.2) is 17.6 Å². The normalized spacial score (nSPS) is 20.6. The molecule has 0 atom stereocenters. The molecule has 1 aromatic rings. The molecule has 1 saturated carbocycles. The predicted octanol–water partition coefficient (Wildman–Crippen LogP) is 3.55. The van der Waals surface area contributed by atoms with Gasteiger partial charge in [0, 0.05) is 24.4 Å². The maximum absolute atomic E-state index is 4.49. The van der Waals surface area contributed by atoms with Gasteiger partial charge in [-0.2, -0.15) is 0 Å². The second-order valence-corrected chi connectivity index (χ2v) is 7.06. The highest BCUT2D eigenvalue weighted by Crippen LogP contribution is 2.34. The van der Waals surface area contributed by atoms with Crippen LogP contribution in [0.25, 0.3) is 0 Å². The zero-order valence-electron chi connectivity index (χ0n) is 11.3. The van der Waals surface area contributed by atoms with Crippen LogP contribution in [0.2, 0.25) is 0 Å². The van der Waals surface area contributed by atoms with Gasteiger partial charge in [0.25, 0.3) is 0 Å². The van der Waals surface area contributed by atoms with Crippen LogP contribution < -0.4 is 5.32 Å². The summed E-state index contributed by atoms with van der Waals surface area (Å²) in [4.78, 5) is 4.49. The van der Waals surface area contributed by atoms with Crippen LogP contribution in [0.5, 0.6) is 0 Å². The zero-order valence-corrected chi connectivity index (χ0v) is 12.1. The molecule has 1 N–H and O–H groups in total. The average molecular weight is 252 g/mol. The molecule has 96 valence electrons. The van der Waals surface area contributed by atoms with Crippen molar-refractivity contribution in [2.24, 2.45) is 5.41 Å². The summed E-state index contributed by atoms with van der Waals surface area (Å²) >= 11 is 1.75. The van der Waals surface area contributed by atoms with Gasteiger partial charge in [0.05, 0.1) is 10.7 Å². The van der Waals surface area contributed by atoms with Crippen LogP contribution in [0.3, 0.4) is 0 Å². The van der Waals surface area contributed by atoms with Crippen molar-refractivity contribution >= 4 is 11.3 Å². The van der Waals surface area contributed by atoms with Crippen molar-refractivity contribution in [2.45, 2.75) is 58.9 Å². The molecule has 0 saturated heterocycles. The molecule has 1 aliphatic rings. The summed E-state index contributed by atoms with van der Waals surface area (Å²) in [6.07, 6.45) is 6.47. The maximum atomic E-state index is 4.49. The summed E-state index contributed by atoms with van der Waals surface area (Å²) < 4.78 is 0. The standard InChI is InChI=1S/C14H24N2S/c1-11-16-13(10-17-11)6-9-15-12-4-7-14(2,3)8-5-12/h10,12,15H,4-9H2,1-3H3. The Labute approximate surface area is 109 Å². The van der Waals surface area contributed by atoms with Gasteiger partial charge in [-0.15, -0.1) is 11.3 Å². The van der Waals surface area contributed by atoms with Gasteiger partial charge in [-0.1, -0.05) is 13.8 Å². The first kappa shape index (κ1) is 13.0. The molecule has 0 bridgehead atoms. The highest BCUT2D eigenvalue weighted by atomic mass is 32.1. The summed E-state index contributed by atoms with van der Waals surface area (Å²) in [5.41, 5.74) is 1.82. The molecule has 1 fully saturated rings. The van der Waals surface area contributed by atoms with Crippen LogP contribution in [0, 0.1) is 12.3 Å². The summed E-state index contributed by atoms with van der Waals surface area (Å²) in [6, 6.07) is 0.739. The van der Waals surface area contributed by atoms with E-state index in [4.69, 9.17) is 0 Å². The number of aryl methyl sites for hydroxylation is 1. The van der Waals surface area contributed by atoms with E-state index in [-0.39, 0.29) is 0 Å². The number of nitrogens with zero attached hydrogens (tertiary/aromatic N) is 1. The van der Waals surface area contributed by atoms with Crippen molar-refractivity contribution in [1.82, 2.24) is 10.3 Å².